The Morgan fingerprint density at radius 2 is 2.06 bits per heavy atom. The Kier molecular flexibility index (Phi) is 5.49. The number of aliphatic hydroxyl groups excluding tert-OH is 1. The molecule has 0 aliphatic carbocycles. The summed E-state index contributed by atoms with van der Waals surface area (Å²) in [6.45, 7) is 2.43. The minimum Gasteiger partial charge on any atom is -0.399 e. The van der Waals surface area contributed by atoms with E-state index in [4.69, 9.17) is 5.73 Å². The van der Waals surface area contributed by atoms with E-state index in [-0.39, 0.29) is 12.0 Å². The van der Waals surface area contributed by atoms with Gasteiger partial charge in [-0.05, 0) is 30.5 Å². The second-order valence-corrected chi connectivity index (χ2v) is 4.12. The number of carbonyl (C=O) groups is 1. The van der Waals surface area contributed by atoms with Gasteiger partial charge in [0.05, 0.1) is 12.5 Å². The largest absolute Gasteiger partial charge is 0.399 e. The van der Waals surface area contributed by atoms with E-state index >= 15 is 0 Å². The molecule has 1 aromatic carbocycles. The van der Waals surface area contributed by atoms with Gasteiger partial charge in [-0.15, -0.1) is 0 Å². The van der Waals surface area contributed by atoms with Gasteiger partial charge in [0, 0.05) is 12.2 Å². The molecule has 0 aliphatic rings. The lowest BCUT2D eigenvalue weighted by Crippen LogP contribution is -2.28. The van der Waals surface area contributed by atoms with Crippen molar-refractivity contribution in [2.45, 2.75) is 32.3 Å². The van der Waals surface area contributed by atoms with Crippen LogP contribution in [0.3, 0.4) is 0 Å². The highest BCUT2D eigenvalue weighted by Gasteiger charge is 2.04. The van der Waals surface area contributed by atoms with Crippen LogP contribution >= 0.6 is 0 Å². The molecule has 0 saturated heterocycles. The molecule has 0 fully saturated rings. The molecule has 0 spiro atoms. The van der Waals surface area contributed by atoms with Crippen molar-refractivity contribution in [2.75, 3.05) is 12.3 Å². The van der Waals surface area contributed by atoms with Gasteiger partial charge >= 0.3 is 0 Å². The first-order valence-electron chi connectivity index (χ1n) is 5.91. The normalized spacial score (nSPS) is 12.1. The third kappa shape index (κ3) is 5.36. The molecule has 0 aliphatic heterocycles. The lowest BCUT2D eigenvalue weighted by molar-refractivity contribution is -0.120. The van der Waals surface area contributed by atoms with Crippen molar-refractivity contribution in [3.8, 4) is 0 Å². The van der Waals surface area contributed by atoms with Gasteiger partial charge in [0.1, 0.15) is 0 Å². The van der Waals surface area contributed by atoms with Gasteiger partial charge in [0.2, 0.25) is 5.91 Å². The Morgan fingerprint density at radius 3 is 2.65 bits per heavy atom. The second-order valence-electron chi connectivity index (χ2n) is 4.12. The maximum Gasteiger partial charge on any atom is 0.224 e. The summed E-state index contributed by atoms with van der Waals surface area (Å²) in [5.41, 5.74) is 7.19. The van der Waals surface area contributed by atoms with Crippen molar-refractivity contribution in [1.82, 2.24) is 5.32 Å². The van der Waals surface area contributed by atoms with Gasteiger partial charge in [-0.1, -0.05) is 19.1 Å². The highest BCUT2D eigenvalue weighted by atomic mass is 16.3. The fourth-order valence-corrected chi connectivity index (χ4v) is 1.47. The molecule has 1 aromatic rings. The number of nitrogens with one attached hydrogen (secondary N) is 1. The number of hydrogen-bond donors (Lipinski definition) is 3. The Balaban J connectivity index is 2.27. The Bertz CT molecular complexity index is 349. The fraction of sp³-hybridized carbons (Fsp3) is 0.462. The molecule has 0 bridgehead atoms. The van der Waals surface area contributed by atoms with Crippen LogP contribution in [0, 0.1) is 0 Å². The first-order valence-corrected chi connectivity index (χ1v) is 5.91. The summed E-state index contributed by atoms with van der Waals surface area (Å²) in [6, 6.07) is 7.25. The van der Waals surface area contributed by atoms with Crippen LogP contribution in [0.1, 0.15) is 25.3 Å². The lowest BCUT2D eigenvalue weighted by atomic mass is 10.1. The van der Waals surface area contributed by atoms with Gasteiger partial charge in [0.15, 0.2) is 0 Å². The monoisotopic (exact) mass is 236 g/mol. The first-order chi connectivity index (χ1) is 8.11. The summed E-state index contributed by atoms with van der Waals surface area (Å²) < 4.78 is 0. The molecule has 0 heterocycles. The van der Waals surface area contributed by atoms with E-state index < -0.39 is 0 Å². The molecule has 0 saturated carbocycles. The SMILES string of the molecule is CCC(O)CCNC(=O)Cc1ccc(N)cc1. The highest BCUT2D eigenvalue weighted by Crippen LogP contribution is 2.05. The van der Waals surface area contributed by atoms with Crippen molar-refractivity contribution in [3.63, 3.8) is 0 Å². The zero-order valence-corrected chi connectivity index (χ0v) is 10.1. The van der Waals surface area contributed by atoms with Crippen LogP contribution in [0.15, 0.2) is 24.3 Å². The molecule has 4 nitrogen and oxygen atoms in total. The minimum absolute atomic E-state index is 0.0296. The average molecular weight is 236 g/mol. The number of benzene rings is 1. The van der Waals surface area contributed by atoms with Gasteiger partial charge < -0.3 is 16.2 Å². The molecule has 1 rings (SSSR count). The number of nitrogen functional groups attached to an aromatic ring is 1. The molecule has 4 heteroatoms. The van der Waals surface area contributed by atoms with E-state index in [0.717, 1.165) is 5.56 Å². The maximum absolute atomic E-state index is 11.5. The molecule has 1 amide bonds. The van der Waals surface area contributed by atoms with Gasteiger partial charge in [-0.25, -0.2) is 0 Å². The van der Waals surface area contributed by atoms with Gasteiger partial charge in [-0.3, -0.25) is 4.79 Å². The Hall–Kier alpha value is -1.55. The Labute approximate surface area is 102 Å². The smallest absolute Gasteiger partial charge is 0.224 e. The standard InChI is InChI=1S/C13H20N2O2/c1-2-12(16)7-8-15-13(17)9-10-3-5-11(14)6-4-10/h3-6,12,16H,2,7-9,14H2,1H3,(H,15,17). The average Bonchev–Trinajstić information content (AvgIpc) is 2.32. The van der Waals surface area contributed by atoms with Gasteiger partial charge in [-0.2, -0.15) is 0 Å². The van der Waals surface area contributed by atoms with Crippen LogP contribution < -0.4 is 11.1 Å². The molecular weight excluding hydrogens is 216 g/mol. The maximum atomic E-state index is 11.5. The van der Waals surface area contributed by atoms with E-state index in [1.807, 2.05) is 19.1 Å². The third-order valence-electron chi connectivity index (χ3n) is 2.62. The van der Waals surface area contributed by atoms with Crippen LogP contribution in [-0.4, -0.2) is 23.7 Å². The third-order valence-corrected chi connectivity index (χ3v) is 2.62. The summed E-state index contributed by atoms with van der Waals surface area (Å²) in [4.78, 5) is 11.5. The summed E-state index contributed by atoms with van der Waals surface area (Å²) in [7, 11) is 0. The van der Waals surface area contributed by atoms with Crippen molar-refractivity contribution in [3.05, 3.63) is 29.8 Å². The Morgan fingerprint density at radius 1 is 1.41 bits per heavy atom. The number of carbonyl (C=O) groups excluding carboxylic acids is 1. The number of amides is 1. The quantitative estimate of drug-likeness (QED) is 0.647. The van der Waals surface area contributed by atoms with E-state index in [2.05, 4.69) is 5.32 Å². The lowest BCUT2D eigenvalue weighted by Gasteiger charge is -2.08. The highest BCUT2D eigenvalue weighted by molar-refractivity contribution is 5.78. The van der Waals surface area contributed by atoms with Crippen molar-refractivity contribution in [1.29, 1.82) is 0 Å². The summed E-state index contributed by atoms with van der Waals surface area (Å²) in [6.07, 6.45) is 1.34. The molecule has 1 unspecified atom stereocenters. The van der Waals surface area contributed by atoms with Crippen LogP contribution in [0.25, 0.3) is 0 Å². The zero-order chi connectivity index (χ0) is 12.7. The first kappa shape index (κ1) is 13.5. The molecular formula is C13H20N2O2. The molecule has 17 heavy (non-hydrogen) atoms. The van der Waals surface area contributed by atoms with Crippen molar-refractivity contribution < 1.29 is 9.90 Å². The van der Waals surface area contributed by atoms with Crippen LogP contribution in [-0.2, 0) is 11.2 Å². The molecule has 0 radical (unpaired) electrons. The topological polar surface area (TPSA) is 75.3 Å². The predicted octanol–water partition coefficient (Wildman–Crippen LogP) is 1.09. The minimum atomic E-state index is -0.327. The van der Waals surface area contributed by atoms with Crippen LogP contribution in [0.5, 0.6) is 0 Å². The van der Waals surface area contributed by atoms with Crippen LogP contribution in [0.4, 0.5) is 5.69 Å². The van der Waals surface area contributed by atoms with Crippen LogP contribution in [0.2, 0.25) is 0 Å². The van der Waals surface area contributed by atoms with Crippen molar-refractivity contribution in [2.24, 2.45) is 0 Å². The van der Waals surface area contributed by atoms with E-state index in [1.54, 1.807) is 12.1 Å². The summed E-state index contributed by atoms with van der Waals surface area (Å²) in [5, 5.41) is 12.1. The summed E-state index contributed by atoms with van der Waals surface area (Å²) >= 11 is 0. The number of nitrogens with two attached hydrogens (primary N) is 1. The number of hydrogen-bond acceptors (Lipinski definition) is 3. The number of anilines is 1. The summed E-state index contributed by atoms with van der Waals surface area (Å²) in [5.74, 6) is -0.0296. The zero-order valence-electron chi connectivity index (χ0n) is 10.1. The van der Waals surface area contributed by atoms with Crippen molar-refractivity contribution >= 4 is 11.6 Å². The molecule has 0 aromatic heterocycles. The van der Waals surface area contributed by atoms with E-state index in [1.165, 1.54) is 0 Å². The number of rotatable bonds is 6. The predicted molar refractivity (Wildman–Crippen MR) is 68.5 cm³/mol. The van der Waals surface area contributed by atoms with E-state index in [9.17, 15) is 9.90 Å². The molecule has 94 valence electrons. The molecule has 4 N–H and O–H groups in total. The van der Waals surface area contributed by atoms with E-state index in [0.29, 0.717) is 31.5 Å². The molecule has 1 atom stereocenters. The number of aliphatic hydroxyl groups is 1. The fourth-order valence-electron chi connectivity index (χ4n) is 1.47. The van der Waals surface area contributed by atoms with Gasteiger partial charge in [0.25, 0.3) is 0 Å². The second kappa shape index (κ2) is 6.91.